The second kappa shape index (κ2) is 14.6. The Balaban J connectivity index is 1.23. The molecule has 0 amide bonds. The van der Waals surface area contributed by atoms with E-state index in [4.69, 9.17) is 14.2 Å². The van der Waals surface area contributed by atoms with E-state index >= 15 is 0 Å². The molecule has 1 atom stereocenters. The van der Waals surface area contributed by atoms with Crippen LogP contribution in [0.1, 0.15) is 35.6 Å². The molecule has 0 bridgehead atoms. The maximum absolute atomic E-state index is 12.5. The summed E-state index contributed by atoms with van der Waals surface area (Å²) in [5, 5.41) is 13.3. The molecule has 0 radical (unpaired) electrons. The number of halogens is 3. The van der Waals surface area contributed by atoms with Crippen LogP contribution in [0.2, 0.25) is 0 Å². The summed E-state index contributed by atoms with van der Waals surface area (Å²) in [6, 6.07) is 22.8. The van der Waals surface area contributed by atoms with E-state index in [9.17, 15) is 18.4 Å². The number of ether oxygens (including phenoxy) is 3. The third kappa shape index (κ3) is 8.92. The molecule has 0 unspecified atom stereocenters. The first-order valence-electron chi connectivity index (χ1n) is 14.1. The second-order valence-corrected chi connectivity index (χ2v) is 10.2. The van der Waals surface area contributed by atoms with Crippen molar-refractivity contribution in [1.82, 2.24) is 5.32 Å². The number of nitrogens with one attached hydrogen (secondary N) is 1. The molecule has 0 aliphatic carbocycles. The quantitative estimate of drug-likeness (QED) is 0.163. The number of benzene rings is 3. The number of fused-ring (bicyclic) bond motifs is 1. The summed E-state index contributed by atoms with van der Waals surface area (Å²) < 4.78 is 53.9. The molecular formula is C33H36F3N3O3. The van der Waals surface area contributed by atoms with Crippen LogP contribution in [0.15, 0.2) is 73.3 Å². The molecule has 1 heterocycles. The highest BCUT2D eigenvalue weighted by molar-refractivity contribution is 5.68. The average Bonchev–Trinajstić information content (AvgIpc) is 3.39. The molecule has 1 aliphatic rings. The summed E-state index contributed by atoms with van der Waals surface area (Å²) in [7, 11) is 0. The standard InChI is InChI=1S/C33H36F3N3O3/c1-24(38-14-18-41-30-11-6-7-12-31(30)42-23-33(34,35)36)19-26-20-28-13-16-39(32(28)29(21-26)22-37)15-8-17-40-25(2)27-9-4-3-5-10-27/h3-7,9-12,20-21,24,38H,2,8,13-19,23H2,1H3/t24-/m1/s1. The van der Waals surface area contributed by atoms with Crippen LogP contribution in [0.5, 0.6) is 11.5 Å². The second-order valence-electron chi connectivity index (χ2n) is 10.2. The van der Waals surface area contributed by atoms with Gasteiger partial charge in [0.25, 0.3) is 0 Å². The van der Waals surface area contributed by atoms with E-state index in [0.29, 0.717) is 24.5 Å². The number of anilines is 1. The van der Waals surface area contributed by atoms with Gasteiger partial charge in [0.15, 0.2) is 18.1 Å². The fourth-order valence-corrected chi connectivity index (χ4v) is 5.02. The van der Waals surface area contributed by atoms with Gasteiger partial charge in [0.1, 0.15) is 18.4 Å². The van der Waals surface area contributed by atoms with Crippen molar-refractivity contribution in [2.45, 2.75) is 38.4 Å². The Kier molecular flexibility index (Phi) is 10.7. The van der Waals surface area contributed by atoms with Crippen LogP contribution >= 0.6 is 0 Å². The highest BCUT2D eigenvalue weighted by Gasteiger charge is 2.29. The molecule has 1 N–H and O–H groups in total. The van der Waals surface area contributed by atoms with E-state index in [1.54, 1.807) is 18.2 Å². The molecule has 4 rings (SSSR count). The zero-order chi connectivity index (χ0) is 30.0. The first kappa shape index (κ1) is 30.8. The van der Waals surface area contributed by atoms with E-state index in [1.807, 2.05) is 36.4 Å². The first-order valence-corrected chi connectivity index (χ1v) is 14.1. The number of nitriles is 1. The third-order valence-electron chi connectivity index (χ3n) is 6.92. The fourth-order valence-electron chi connectivity index (χ4n) is 5.02. The smallest absolute Gasteiger partial charge is 0.422 e. The summed E-state index contributed by atoms with van der Waals surface area (Å²) in [5.41, 5.74) is 4.94. The van der Waals surface area contributed by atoms with Crippen LogP contribution in [-0.4, -0.2) is 51.7 Å². The minimum absolute atomic E-state index is 0.0595. The summed E-state index contributed by atoms with van der Waals surface area (Å²) in [5.74, 6) is 0.990. The van der Waals surface area contributed by atoms with E-state index in [0.717, 1.165) is 49.2 Å². The Labute approximate surface area is 245 Å². The molecule has 1 aliphatic heterocycles. The van der Waals surface area contributed by atoms with E-state index in [-0.39, 0.29) is 24.1 Å². The maximum atomic E-state index is 12.5. The normalized spacial score (nSPS) is 13.3. The fraction of sp³-hybridized carbons (Fsp3) is 0.364. The lowest BCUT2D eigenvalue weighted by molar-refractivity contribution is -0.153. The number of hydrogen-bond donors (Lipinski definition) is 1. The molecule has 0 saturated heterocycles. The van der Waals surface area contributed by atoms with Crippen molar-refractivity contribution in [3.05, 3.63) is 95.6 Å². The Bertz CT molecular complexity index is 1370. The van der Waals surface area contributed by atoms with Crippen LogP contribution in [-0.2, 0) is 17.6 Å². The van der Waals surface area contributed by atoms with Crippen molar-refractivity contribution in [3.63, 3.8) is 0 Å². The lowest BCUT2D eigenvalue weighted by Crippen LogP contribution is -2.32. The van der Waals surface area contributed by atoms with Crippen LogP contribution < -0.4 is 19.7 Å². The molecule has 222 valence electrons. The molecule has 0 saturated carbocycles. The zero-order valence-electron chi connectivity index (χ0n) is 23.8. The van der Waals surface area contributed by atoms with Gasteiger partial charge in [0.2, 0.25) is 0 Å². The Morgan fingerprint density at radius 2 is 1.76 bits per heavy atom. The largest absolute Gasteiger partial charge is 0.494 e. The van der Waals surface area contributed by atoms with E-state index in [2.05, 4.69) is 35.9 Å². The molecule has 42 heavy (non-hydrogen) atoms. The predicted octanol–water partition coefficient (Wildman–Crippen LogP) is 6.54. The SMILES string of the molecule is C=C(OCCCN1CCc2cc(C[C@@H](C)NCCOc3ccccc3OCC(F)(F)F)cc(C#N)c21)c1ccccc1. The van der Waals surface area contributed by atoms with Gasteiger partial charge in [0, 0.05) is 31.2 Å². The molecule has 0 aromatic heterocycles. The minimum atomic E-state index is -4.42. The monoisotopic (exact) mass is 579 g/mol. The van der Waals surface area contributed by atoms with Crippen LogP contribution in [0.3, 0.4) is 0 Å². The van der Waals surface area contributed by atoms with Crippen molar-refractivity contribution in [2.75, 3.05) is 44.4 Å². The number of hydrogen-bond acceptors (Lipinski definition) is 6. The van der Waals surface area contributed by atoms with Gasteiger partial charge in [-0.2, -0.15) is 18.4 Å². The topological polar surface area (TPSA) is 66.8 Å². The van der Waals surface area contributed by atoms with Crippen molar-refractivity contribution < 1.29 is 27.4 Å². The molecule has 0 spiro atoms. The maximum Gasteiger partial charge on any atom is 0.422 e. The number of nitrogens with zero attached hydrogens (tertiary/aromatic N) is 2. The summed E-state index contributed by atoms with van der Waals surface area (Å²) >= 11 is 0. The van der Waals surface area contributed by atoms with Crippen LogP contribution in [0, 0.1) is 11.3 Å². The molecule has 3 aromatic carbocycles. The Morgan fingerprint density at radius 1 is 1.05 bits per heavy atom. The highest BCUT2D eigenvalue weighted by atomic mass is 19.4. The number of para-hydroxylation sites is 2. The first-order chi connectivity index (χ1) is 20.2. The van der Waals surface area contributed by atoms with Gasteiger partial charge < -0.3 is 24.4 Å². The van der Waals surface area contributed by atoms with Crippen molar-refractivity contribution in [2.24, 2.45) is 0 Å². The number of alkyl halides is 3. The lowest BCUT2D eigenvalue weighted by atomic mass is 9.99. The van der Waals surface area contributed by atoms with E-state index in [1.165, 1.54) is 11.6 Å². The van der Waals surface area contributed by atoms with Crippen molar-refractivity contribution >= 4 is 11.4 Å². The summed E-state index contributed by atoms with van der Waals surface area (Å²) in [4.78, 5) is 2.27. The summed E-state index contributed by atoms with van der Waals surface area (Å²) in [6.07, 6.45) is -1.98. The van der Waals surface area contributed by atoms with Gasteiger partial charge in [-0.15, -0.1) is 0 Å². The summed E-state index contributed by atoms with van der Waals surface area (Å²) in [6.45, 7) is 7.68. The van der Waals surface area contributed by atoms with Gasteiger partial charge >= 0.3 is 6.18 Å². The third-order valence-corrected chi connectivity index (χ3v) is 6.92. The van der Waals surface area contributed by atoms with Gasteiger partial charge in [-0.1, -0.05) is 55.1 Å². The Hall–Kier alpha value is -4.16. The lowest BCUT2D eigenvalue weighted by Gasteiger charge is -2.22. The highest BCUT2D eigenvalue weighted by Crippen LogP contribution is 2.33. The molecule has 9 heteroatoms. The van der Waals surface area contributed by atoms with Gasteiger partial charge in [0.05, 0.1) is 17.9 Å². The molecule has 0 fully saturated rings. The molecule has 6 nitrogen and oxygen atoms in total. The van der Waals surface area contributed by atoms with Gasteiger partial charge in [-0.05, 0) is 55.5 Å². The molecular weight excluding hydrogens is 543 g/mol. The predicted molar refractivity (Wildman–Crippen MR) is 158 cm³/mol. The van der Waals surface area contributed by atoms with E-state index < -0.39 is 12.8 Å². The Morgan fingerprint density at radius 3 is 2.48 bits per heavy atom. The van der Waals surface area contributed by atoms with Gasteiger partial charge in [-0.25, -0.2) is 0 Å². The molecule has 3 aromatic rings. The van der Waals surface area contributed by atoms with Gasteiger partial charge in [-0.3, -0.25) is 0 Å². The zero-order valence-corrected chi connectivity index (χ0v) is 23.8. The minimum Gasteiger partial charge on any atom is -0.494 e. The average molecular weight is 580 g/mol. The van der Waals surface area contributed by atoms with Crippen LogP contribution in [0.25, 0.3) is 5.76 Å². The number of rotatable bonds is 15. The van der Waals surface area contributed by atoms with Crippen molar-refractivity contribution in [3.8, 4) is 17.6 Å². The van der Waals surface area contributed by atoms with Crippen LogP contribution in [0.4, 0.5) is 18.9 Å². The van der Waals surface area contributed by atoms with Crippen molar-refractivity contribution in [1.29, 1.82) is 5.26 Å².